The van der Waals surface area contributed by atoms with Gasteiger partial charge in [-0.25, -0.2) is 0 Å². The number of nitrogens with two attached hydrogens (primary N) is 1. The molecule has 27 heavy (non-hydrogen) atoms. The smallest absolute Gasteiger partial charge is 0.240 e. The van der Waals surface area contributed by atoms with Crippen LogP contribution in [0.4, 0.5) is 0 Å². The molecule has 0 aliphatic carbocycles. The molecule has 1 aromatic rings. The molecule has 1 aromatic heterocycles. The standard InChI is InChI=1S/C17H24N6O4/c18-9-1-10-12-13(14(9)27-10)16(26)23(15(12)25)2-11(24)19-17-3-20-6-21(4-17)8-22(5-17)7-20/h9-10,14,25-26H,1-8,18H2,(H,19,24). The van der Waals surface area contributed by atoms with Crippen LogP contribution < -0.4 is 11.1 Å². The molecule has 5 saturated heterocycles. The van der Waals surface area contributed by atoms with E-state index >= 15 is 0 Å². The van der Waals surface area contributed by atoms with Gasteiger partial charge in [0.25, 0.3) is 0 Å². The van der Waals surface area contributed by atoms with Crippen molar-refractivity contribution < 1.29 is 19.7 Å². The van der Waals surface area contributed by atoms with Crippen LogP contribution in [0.3, 0.4) is 0 Å². The Morgan fingerprint density at radius 2 is 1.70 bits per heavy atom. The maximum absolute atomic E-state index is 12.8. The number of carbonyl (C=O) groups excluding carboxylic acids is 1. The Hall–Kier alpha value is -1.85. The van der Waals surface area contributed by atoms with E-state index in [9.17, 15) is 15.0 Å². The number of hydrogen-bond donors (Lipinski definition) is 4. The molecule has 0 radical (unpaired) electrons. The number of hydrogen-bond acceptors (Lipinski definition) is 8. The molecule has 3 atom stereocenters. The number of nitrogens with zero attached hydrogens (tertiary/aromatic N) is 4. The van der Waals surface area contributed by atoms with Gasteiger partial charge in [0.1, 0.15) is 12.6 Å². The van der Waals surface area contributed by atoms with Crippen LogP contribution >= 0.6 is 0 Å². The molecule has 0 saturated carbocycles. The van der Waals surface area contributed by atoms with Crippen LogP contribution in [0.1, 0.15) is 29.8 Å². The monoisotopic (exact) mass is 376 g/mol. The van der Waals surface area contributed by atoms with E-state index in [2.05, 4.69) is 20.0 Å². The average molecular weight is 376 g/mol. The Balaban J connectivity index is 1.24. The lowest BCUT2D eigenvalue weighted by atomic mass is 9.91. The van der Waals surface area contributed by atoms with Crippen LogP contribution in [0, 0.1) is 0 Å². The second-order valence-corrected chi connectivity index (χ2v) is 8.75. The predicted molar refractivity (Wildman–Crippen MR) is 92.5 cm³/mol. The first-order valence-corrected chi connectivity index (χ1v) is 9.46. The number of carbonyl (C=O) groups is 1. The van der Waals surface area contributed by atoms with Gasteiger partial charge in [0.2, 0.25) is 17.7 Å². The largest absolute Gasteiger partial charge is 0.494 e. The van der Waals surface area contributed by atoms with Crippen molar-refractivity contribution in [3.05, 3.63) is 11.1 Å². The number of ether oxygens (including phenoxy) is 1. The van der Waals surface area contributed by atoms with E-state index in [0.29, 0.717) is 17.5 Å². The molecular formula is C17H24N6O4. The van der Waals surface area contributed by atoms with E-state index in [1.165, 1.54) is 4.57 Å². The van der Waals surface area contributed by atoms with Gasteiger partial charge < -0.3 is 26.0 Å². The zero-order valence-corrected chi connectivity index (χ0v) is 15.0. The van der Waals surface area contributed by atoms with E-state index in [-0.39, 0.29) is 41.9 Å². The molecule has 10 heteroatoms. The Bertz CT molecular complexity index is 803. The molecule has 6 aliphatic heterocycles. The molecule has 0 aromatic carbocycles. The van der Waals surface area contributed by atoms with Gasteiger partial charge in [-0.15, -0.1) is 0 Å². The maximum Gasteiger partial charge on any atom is 0.240 e. The quantitative estimate of drug-likeness (QED) is 0.499. The minimum absolute atomic E-state index is 0.0844. The minimum atomic E-state index is -0.406. The van der Waals surface area contributed by atoms with E-state index in [1.54, 1.807) is 0 Å². The summed E-state index contributed by atoms with van der Waals surface area (Å²) in [7, 11) is 0. The highest BCUT2D eigenvalue weighted by Crippen LogP contribution is 2.57. The first-order valence-electron chi connectivity index (χ1n) is 9.46. The molecule has 10 nitrogen and oxygen atoms in total. The van der Waals surface area contributed by atoms with Gasteiger partial charge in [-0.3, -0.25) is 24.1 Å². The van der Waals surface area contributed by atoms with E-state index < -0.39 is 6.10 Å². The summed E-state index contributed by atoms with van der Waals surface area (Å²) in [5.41, 5.74) is 6.88. The third-order valence-electron chi connectivity index (χ3n) is 6.56. The maximum atomic E-state index is 12.8. The number of fused-ring (bicyclic) bond motifs is 5. The molecular weight excluding hydrogens is 352 g/mol. The van der Waals surface area contributed by atoms with Gasteiger partial charge in [-0.2, -0.15) is 0 Å². The number of rotatable bonds is 3. The fourth-order valence-electron chi connectivity index (χ4n) is 5.87. The van der Waals surface area contributed by atoms with Crippen LogP contribution in [0.5, 0.6) is 11.8 Å². The molecule has 7 heterocycles. The van der Waals surface area contributed by atoms with Crippen molar-refractivity contribution in [2.24, 2.45) is 5.73 Å². The molecule has 5 N–H and O–H groups in total. The van der Waals surface area contributed by atoms with Gasteiger partial charge in [-0.05, 0) is 6.42 Å². The summed E-state index contributed by atoms with van der Waals surface area (Å²) in [6.45, 7) is 5.21. The minimum Gasteiger partial charge on any atom is -0.494 e. The first kappa shape index (κ1) is 16.1. The highest BCUT2D eigenvalue weighted by atomic mass is 16.5. The molecule has 1 amide bonds. The van der Waals surface area contributed by atoms with E-state index in [1.807, 2.05) is 0 Å². The van der Waals surface area contributed by atoms with Crippen LogP contribution in [0.25, 0.3) is 0 Å². The van der Waals surface area contributed by atoms with Crippen molar-refractivity contribution in [2.45, 2.75) is 36.8 Å². The summed E-state index contributed by atoms with van der Waals surface area (Å²) in [6.07, 6.45) is -0.0885. The van der Waals surface area contributed by atoms with Crippen LogP contribution in [0.15, 0.2) is 0 Å². The Morgan fingerprint density at radius 1 is 1.11 bits per heavy atom. The third-order valence-corrected chi connectivity index (χ3v) is 6.56. The van der Waals surface area contributed by atoms with Crippen molar-refractivity contribution in [2.75, 3.05) is 39.6 Å². The molecule has 146 valence electrons. The zero-order valence-electron chi connectivity index (χ0n) is 15.0. The molecule has 6 aliphatic rings. The summed E-state index contributed by atoms with van der Waals surface area (Å²) >= 11 is 0. The molecule has 5 fully saturated rings. The van der Waals surface area contributed by atoms with Gasteiger partial charge in [0.15, 0.2) is 0 Å². The summed E-state index contributed by atoms with van der Waals surface area (Å²) in [5, 5.41) is 24.4. The summed E-state index contributed by atoms with van der Waals surface area (Å²) in [5.74, 6) is -0.404. The van der Waals surface area contributed by atoms with Crippen molar-refractivity contribution in [3.63, 3.8) is 0 Å². The third kappa shape index (κ3) is 2.15. The van der Waals surface area contributed by atoms with Crippen LogP contribution in [0.2, 0.25) is 0 Å². The number of aromatic nitrogens is 1. The van der Waals surface area contributed by atoms with E-state index in [4.69, 9.17) is 10.5 Å². The second-order valence-electron chi connectivity index (χ2n) is 8.75. The summed E-state index contributed by atoms with van der Waals surface area (Å²) < 4.78 is 7.01. The lowest BCUT2D eigenvalue weighted by molar-refractivity contribution is -0.157. The SMILES string of the molecule is NC1CC2OC1c1c2c(O)n(CC(=O)NC23CN4CN(CN(C4)C2)C3)c1O. The van der Waals surface area contributed by atoms with Gasteiger partial charge in [-0.1, -0.05) is 0 Å². The second kappa shape index (κ2) is 5.15. The number of aromatic hydroxyl groups is 2. The first-order chi connectivity index (χ1) is 12.9. The molecule has 0 spiro atoms. The average Bonchev–Trinajstić information content (AvgIpc) is 3.20. The van der Waals surface area contributed by atoms with Crippen LogP contribution in [-0.4, -0.2) is 86.6 Å². The van der Waals surface area contributed by atoms with Crippen molar-refractivity contribution in [1.29, 1.82) is 0 Å². The zero-order chi connectivity index (χ0) is 18.5. The van der Waals surface area contributed by atoms with Crippen molar-refractivity contribution >= 4 is 5.91 Å². The lowest BCUT2D eigenvalue weighted by Gasteiger charge is -2.60. The topological polar surface area (TPSA) is 119 Å². The Morgan fingerprint density at radius 3 is 2.33 bits per heavy atom. The highest BCUT2D eigenvalue weighted by molar-refractivity contribution is 5.78. The van der Waals surface area contributed by atoms with Crippen molar-refractivity contribution in [3.8, 4) is 11.8 Å². The van der Waals surface area contributed by atoms with Crippen LogP contribution in [-0.2, 0) is 16.1 Å². The highest BCUT2D eigenvalue weighted by Gasteiger charge is 2.51. The van der Waals surface area contributed by atoms with Gasteiger partial charge in [0, 0.05) is 25.7 Å². The summed E-state index contributed by atoms with van der Waals surface area (Å²) in [4.78, 5) is 19.8. The number of amides is 1. The van der Waals surface area contributed by atoms with Gasteiger partial charge in [0.05, 0.1) is 42.8 Å². The molecule has 6 bridgehead atoms. The Labute approximate surface area is 156 Å². The predicted octanol–water partition coefficient (Wildman–Crippen LogP) is -1.58. The fraction of sp³-hybridized carbons (Fsp3) is 0.706. The van der Waals surface area contributed by atoms with Gasteiger partial charge >= 0.3 is 0 Å². The normalized spacial score (nSPS) is 43.3. The number of nitrogens with one attached hydrogen (secondary N) is 1. The fourth-order valence-corrected chi connectivity index (χ4v) is 5.87. The summed E-state index contributed by atoms with van der Waals surface area (Å²) in [6, 6.07) is -0.193. The van der Waals surface area contributed by atoms with E-state index in [0.717, 1.165) is 39.6 Å². The lowest BCUT2D eigenvalue weighted by Crippen LogP contribution is -2.80. The molecule has 3 unspecified atom stereocenters. The Kier molecular flexibility index (Phi) is 3.08. The molecule has 7 rings (SSSR count). The van der Waals surface area contributed by atoms with Crippen molar-refractivity contribution in [1.82, 2.24) is 24.6 Å².